The number of hydrogen-bond donors (Lipinski definition) is 1. The minimum absolute atomic E-state index is 0.0744. The number of para-hydroxylation sites is 1. The second kappa shape index (κ2) is 11.1. The van der Waals surface area contributed by atoms with Gasteiger partial charge in [0, 0.05) is 29.3 Å². The molecule has 6 nitrogen and oxygen atoms in total. The molecule has 2 aliphatic heterocycles. The Kier molecular flexibility index (Phi) is 7.49. The van der Waals surface area contributed by atoms with Crippen molar-refractivity contribution >= 4 is 51.9 Å². The maximum atomic E-state index is 13.0. The molecule has 5 rings (SSSR count). The summed E-state index contributed by atoms with van der Waals surface area (Å²) >= 11 is 7.69. The van der Waals surface area contributed by atoms with Gasteiger partial charge >= 0.3 is 0 Å². The first-order valence-electron chi connectivity index (χ1n) is 11.9. The summed E-state index contributed by atoms with van der Waals surface area (Å²) in [5.74, 6) is 0.935. The lowest BCUT2D eigenvalue weighted by Crippen LogP contribution is -2.44. The van der Waals surface area contributed by atoms with E-state index in [2.05, 4.69) is 10.3 Å². The van der Waals surface area contributed by atoms with E-state index in [0.717, 1.165) is 23.2 Å². The molecule has 36 heavy (non-hydrogen) atoms. The molecule has 2 amide bonds. The van der Waals surface area contributed by atoms with Gasteiger partial charge in [-0.05, 0) is 48.2 Å². The van der Waals surface area contributed by atoms with Crippen LogP contribution in [0.5, 0.6) is 0 Å². The largest absolute Gasteiger partial charge is 0.356 e. The lowest BCUT2D eigenvalue weighted by Gasteiger charge is -2.31. The summed E-state index contributed by atoms with van der Waals surface area (Å²) in [6.45, 7) is 0.558. The number of amidine groups is 2. The number of rotatable bonds is 8. The van der Waals surface area contributed by atoms with Crippen LogP contribution in [0, 0.1) is 0 Å². The van der Waals surface area contributed by atoms with Gasteiger partial charge in [0.2, 0.25) is 5.91 Å². The fourth-order valence-corrected chi connectivity index (χ4v) is 5.50. The third-order valence-corrected chi connectivity index (χ3v) is 7.35. The first-order chi connectivity index (χ1) is 17.6. The highest BCUT2D eigenvalue weighted by molar-refractivity contribution is 8.13. The molecule has 0 aromatic heterocycles. The number of hydrogen-bond acceptors (Lipinski definition) is 5. The van der Waals surface area contributed by atoms with E-state index in [-0.39, 0.29) is 18.2 Å². The standard InChI is InChI=1S/C28H25ClN4O2S/c29-21-10-6-9-20(17-21)18-36-28-31-23-12-5-4-11-22(23)26-32-27(35)24(33(26)28)13-14-25(34)30-16-15-19-7-2-1-3-8-19/h1-12,17,24H,13-16,18H2,(H,30,34). The van der Waals surface area contributed by atoms with Crippen molar-refractivity contribution in [2.45, 2.75) is 31.1 Å². The molecule has 8 heteroatoms. The molecule has 3 aromatic rings. The summed E-state index contributed by atoms with van der Waals surface area (Å²) in [6.07, 6.45) is 1.36. The van der Waals surface area contributed by atoms with E-state index in [1.165, 1.54) is 17.3 Å². The van der Waals surface area contributed by atoms with Crippen LogP contribution in [0.25, 0.3) is 0 Å². The Morgan fingerprint density at radius 1 is 0.972 bits per heavy atom. The predicted octanol–water partition coefficient (Wildman–Crippen LogP) is 5.37. The summed E-state index contributed by atoms with van der Waals surface area (Å²) in [5, 5.41) is 4.35. The summed E-state index contributed by atoms with van der Waals surface area (Å²) in [6, 6.07) is 24.9. The van der Waals surface area contributed by atoms with Crippen molar-refractivity contribution < 1.29 is 9.59 Å². The van der Waals surface area contributed by atoms with Crippen LogP contribution in [0.1, 0.15) is 29.5 Å². The van der Waals surface area contributed by atoms with Crippen LogP contribution in [0.3, 0.4) is 0 Å². The van der Waals surface area contributed by atoms with E-state index >= 15 is 0 Å². The van der Waals surface area contributed by atoms with E-state index in [4.69, 9.17) is 16.6 Å². The molecule has 0 bridgehead atoms. The Balaban J connectivity index is 1.27. The molecular weight excluding hydrogens is 492 g/mol. The lowest BCUT2D eigenvalue weighted by molar-refractivity contribution is -0.122. The number of halogens is 1. The van der Waals surface area contributed by atoms with E-state index in [1.54, 1.807) is 0 Å². The smallest absolute Gasteiger partial charge is 0.270 e. The minimum Gasteiger partial charge on any atom is -0.356 e. The van der Waals surface area contributed by atoms with Crippen LogP contribution in [0.15, 0.2) is 88.8 Å². The average molecular weight is 517 g/mol. The minimum atomic E-state index is -0.557. The van der Waals surface area contributed by atoms with Gasteiger partial charge in [-0.3, -0.25) is 14.5 Å². The van der Waals surface area contributed by atoms with Gasteiger partial charge in [0.15, 0.2) is 5.17 Å². The summed E-state index contributed by atoms with van der Waals surface area (Å²) < 4.78 is 0. The molecule has 0 fully saturated rings. The number of carbonyl (C=O) groups is 2. The van der Waals surface area contributed by atoms with Crippen molar-refractivity contribution in [1.82, 2.24) is 10.2 Å². The van der Waals surface area contributed by atoms with Crippen LogP contribution in [0.4, 0.5) is 5.69 Å². The molecule has 3 aromatic carbocycles. The Bertz CT molecular complexity index is 1340. The van der Waals surface area contributed by atoms with Crippen molar-refractivity contribution in [2.24, 2.45) is 9.98 Å². The van der Waals surface area contributed by atoms with Gasteiger partial charge < -0.3 is 5.32 Å². The maximum absolute atomic E-state index is 13.0. The molecule has 0 radical (unpaired) electrons. The molecule has 182 valence electrons. The molecule has 2 aliphatic rings. The highest BCUT2D eigenvalue weighted by Crippen LogP contribution is 2.36. The number of carbonyl (C=O) groups excluding carboxylic acids is 2. The number of nitrogens with one attached hydrogen (secondary N) is 1. The zero-order valence-electron chi connectivity index (χ0n) is 19.6. The number of nitrogens with zero attached hydrogens (tertiary/aromatic N) is 3. The predicted molar refractivity (Wildman–Crippen MR) is 146 cm³/mol. The monoisotopic (exact) mass is 516 g/mol. The molecule has 0 saturated heterocycles. The third kappa shape index (κ3) is 5.53. The van der Waals surface area contributed by atoms with Crippen molar-refractivity contribution in [3.05, 3.63) is 101 Å². The topological polar surface area (TPSA) is 74.1 Å². The SMILES string of the molecule is O=C(CCC1C(=O)N=C2c3ccccc3N=C(SCc3cccc(Cl)c3)N21)NCCc1ccccc1. The van der Waals surface area contributed by atoms with Crippen molar-refractivity contribution in [2.75, 3.05) is 6.54 Å². The Morgan fingerprint density at radius 3 is 2.58 bits per heavy atom. The van der Waals surface area contributed by atoms with Crippen LogP contribution in [-0.2, 0) is 21.8 Å². The summed E-state index contributed by atoms with van der Waals surface area (Å²) in [7, 11) is 0. The van der Waals surface area contributed by atoms with Gasteiger partial charge in [0.1, 0.15) is 11.9 Å². The van der Waals surface area contributed by atoms with E-state index in [9.17, 15) is 9.59 Å². The molecule has 0 aliphatic carbocycles. The molecule has 0 saturated carbocycles. The molecule has 1 unspecified atom stereocenters. The summed E-state index contributed by atoms with van der Waals surface area (Å²) in [4.78, 5) is 36.7. The van der Waals surface area contributed by atoms with Gasteiger partial charge in [0.05, 0.1) is 5.69 Å². The first-order valence-corrected chi connectivity index (χ1v) is 13.2. The van der Waals surface area contributed by atoms with Crippen molar-refractivity contribution in [3.63, 3.8) is 0 Å². The molecule has 1 atom stereocenters. The number of benzene rings is 3. The molecule has 1 N–H and O–H groups in total. The third-order valence-electron chi connectivity index (χ3n) is 6.09. The Labute approximate surface area is 219 Å². The number of aliphatic imine (C=N–C) groups is 2. The van der Waals surface area contributed by atoms with Gasteiger partial charge in [-0.2, -0.15) is 4.99 Å². The number of fused-ring (bicyclic) bond motifs is 3. The first kappa shape index (κ1) is 24.3. The van der Waals surface area contributed by atoms with Gasteiger partial charge in [-0.15, -0.1) is 0 Å². The zero-order chi connectivity index (χ0) is 24.9. The van der Waals surface area contributed by atoms with Crippen LogP contribution < -0.4 is 5.32 Å². The quantitative estimate of drug-likeness (QED) is 0.436. The van der Waals surface area contributed by atoms with E-state index in [1.807, 2.05) is 83.8 Å². The van der Waals surface area contributed by atoms with Crippen LogP contribution in [0.2, 0.25) is 5.02 Å². The van der Waals surface area contributed by atoms with E-state index in [0.29, 0.717) is 34.7 Å². The second-order valence-electron chi connectivity index (χ2n) is 8.61. The lowest BCUT2D eigenvalue weighted by atomic mass is 10.1. The van der Waals surface area contributed by atoms with Crippen molar-refractivity contribution in [3.8, 4) is 0 Å². The van der Waals surface area contributed by atoms with Gasteiger partial charge in [-0.25, -0.2) is 4.99 Å². The normalized spacial score (nSPS) is 16.2. The highest BCUT2D eigenvalue weighted by Gasteiger charge is 2.41. The Morgan fingerprint density at radius 2 is 1.75 bits per heavy atom. The second-order valence-corrected chi connectivity index (χ2v) is 9.99. The van der Waals surface area contributed by atoms with Crippen LogP contribution in [-0.4, -0.2) is 40.3 Å². The average Bonchev–Trinajstić information content (AvgIpc) is 3.23. The zero-order valence-corrected chi connectivity index (χ0v) is 21.1. The van der Waals surface area contributed by atoms with Crippen molar-refractivity contribution in [1.29, 1.82) is 0 Å². The van der Waals surface area contributed by atoms with Gasteiger partial charge in [0.25, 0.3) is 5.91 Å². The number of thioether (sulfide) groups is 1. The number of amides is 2. The molecular formula is C28H25ClN4O2S. The fourth-order valence-electron chi connectivity index (χ4n) is 4.30. The van der Waals surface area contributed by atoms with Crippen LogP contribution >= 0.6 is 23.4 Å². The van der Waals surface area contributed by atoms with Gasteiger partial charge in [-0.1, -0.05) is 78.0 Å². The van der Waals surface area contributed by atoms with E-state index < -0.39 is 6.04 Å². The highest BCUT2D eigenvalue weighted by atomic mass is 35.5. The fraction of sp³-hybridized carbons (Fsp3) is 0.214. The molecule has 0 spiro atoms. The Hall–Kier alpha value is -3.42. The summed E-state index contributed by atoms with van der Waals surface area (Å²) in [5.41, 5.74) is 3.85. The molecule has 2 heterocycles. The maximum Gasteiger partial charge on any atom is 0.270 e.